The number of nitrogens with zero attached hydrogens (tertiary/aromatic N) is 1. The summed E-state index contributed by atoms with van der Waals surface area (Å²) in [5.74, 6) is 2.32. The van der Waals surface area contributed by atoms with Gasteiger partial charge in [0.1, 0.15) is 0 Å². The fourth-order valence-corrected chi connectivity index (χ4v) is 7.92. The van der Waals surface area contributed by atoms with Crippen molar-refractivity contribution in [3.8, 4) is 0 Å². The quantitative estimate of drug-likeness (QED) is 0.761. The molecular formula is C26H34N2O2. The fraction of sp³-hybridized carbons (Fsp3) is 0.615. The fourth-order valence-electron chi connectivity index (χ4n) is 7.92. The number of fused-ring (bicyclic) bond motifs is 5. The van der Waals surface area contributed by atoms with Crippen molar-refractivity contribution in [3.05, 3.63) is 42.5 Å². The third kappa shape index (κ3) is 2.79. The van der Waals surface area contributed by atoms with Crippen molar-refractivity contribution in [2.24, 2.45) is 34.5 Å². The minimum Gasteiger partial charge on any atom is -0.338 e. The Hall–Kier alpha value is -2.10. The molecule has 4 heteroatoms. The summed E-state index contributed by atoms with van der Waals surface area (Å²) in [6.07, 6.45) is 10.7. The third-order valence-corrected chi connectivity index (χ3v) is 9.49. The van der Waals surface area contributed by atoms with Gasteiger partial charge in [-0.2, -0.15) is 0 Å². The molecule has 7 atom stereocenters. The first-order valence-corrected chi connectivity index (χ1v) is 11.7. The van der Waals surface area contributed by atoms with Gasteiger partial charge in [-0.25, -0.2) is 0 Å². The van der Waals surface area contributed by atoms with Gasteiger partial charge in [0, 0.05) is 30.1 Å². The lowest BCUT2D eigenvalue weighted by Gasteiger charge is -2.60. The van der Waals surface area contributed by atoms with E-state index < -0.39 is 0 Å². The molecule has 5 rings (SSSR count). The molecule has 1 aliphatic heterocycles. The van der Waals surface area contributed by atoms with E-state index in [0.29, 0.717) is 23.8 Å². The molecule has 2 amide bonds. The van der Waals surface area contributed by atoms with Crippen molar-refractivity contribution in [2.75, 3.05) is 12.4 Å². The predicted molar refractivity (Wildman–Crippen MR) is 119 cm³/mol. The van der Waals surface area contributed by atoms with Crippen molar-refractivity contribution < 1.29 is 9.59 Å². The maximum Gasteiger partial charge on any atom is 0.246 e. The topological polar surface area (TPSA) is 49.4 Å². The first-order chi connectivity index (χ1) is 14.3. The minimum absolute atomic E-state index is 0.0668. The Balaban J connectivity index is 1.38. The molecule has 4 nitrogen and oxygen atoms in total. The largest absolute Gasteiger partial charge is 0.338 e. The van der Waals surface area contributed by atoms with E-state index in [4.69, 9.17) is 0 Å². The molecule has 0 saturated heterocycles. The summed E-state index contributed by atoms with van der Waals surface area (Å²) in [6, 6.07) is 10.2. The molecule has 160 valence electrons. The number of hydrogen-bond donors (Lipinski definition) is 1. The summed E-state index contributed by atoms with van der Waals surface area (Å²) < 4.78 is 0. The van der Waals surface area contributed by atoms with Gasteiger partial charge in [-0.05, 0) is 79.9 Å². The van der Waals surface area contributed by atoms with Crippen molar-refractivity contribution in [1.29, 1.82) is 0 Å². The number of para-hydroxylation sites is 1. The van der Waals surface area contributed by atoms with Gasteiger partial charge in [0.15, 0.2) is 0 Å². The number of carbonyl (C=O) groups excluding carboxylic acids is 2. The number of hydrogen-bond acceptors (Lipinski definition) is 2. The van der Waals surface area contributed by atoms with E-state index in [1.165, 1.54) is 6.42 Å². The standard InChI is InChI=1S/C26H34N2O2/c1-25-15-13-20-18(9-12-22-26(20,2)16-14-23(29)28(22)3)19(25)10-11-21(25)24(30)27-17-7-5-4-6-8-17/h4-8,14,16,18-22H,9-13,15H2,1-3H3,(H,27,30)/t18-,19-,20-,21+,22+,25-,26+/m0/s1. The highest BCUT2D eigenvalue weighted by Crippen LogP contribution is 2.65. The van der Waals surface area contributed by atoms with E-state index in [-0.39, 0.29) is 28.6 Å². The normalized spacial score (nSPS) is 42.3. The van der Waals surface area contributed by atoms with Gasteiger partial charge < -0.3 is 10.2 Å². The van der Waals surface area contributed by atoms with E-state index in [0.717, 1.165) is 37.8 Å². The molecule has 0 radical (unpaired) electrons. The first kappa shape index (κ1) is 19.8. The van der Waals surface area contributed by atoms with E-state index in [2.05, 4.69) is 25.2 Å². The summed E-state index contributed by atoms with van der Waals surface area (Å²) in [5.41, 5.74) is 1.05. The summed E-state index contributed by atoms with van der Waals surface area (Å²) in [5, 5.41) is 3.18. The molecule has 3 saturated carbocycles. The number of rotatable bonds is 2. The molecule has 0 aromatic heterocycles. The highest BCUT2D eigenvalue weighted by Gasteiger charge is 2.61. The van der Waals surface area contributed by atoms with Crippen LogP contribution < -0.4 is 5.32 Å². The molecule has 3 aliphatic carbocycles. The predicted octanol–water partition coefficient (Wildman–Crippen LogP) is 4.88. The van der Waals surface area contributed by atoms with E-state index in [1.54, 1.807) is 6.08 Å². The molecule has 3 fully saturated rings. The monoisotopic (exact) mass is 406 g/mol. The summed E-state index contributed by atoms with van der Waals surface area (Å²) in [6.45, 7) is 4.77. The van der Waals surface area contributed by atoms with Crippen LogP contribution in [0, 0.1) is 34.5 Å². The second-order valence-electron chi connectivity index (χ2n) is 10.6. The second kappa shape index (κ2) is 6.96. The summed E-state index contributed by atoms with van der Waals surface area (Å²) >= 11 is 0. The maximum atomic E-state index is 13.2. The van der Waals surface area contributed by atoms with Gasteiger partial charge in [0.25, 0.3) is 0 Å². The average Bonchev–Trinajstić information content (AvgIpc) is 3.09. The van der Waals surface area contributed by atoms with Crippen LogP contribution in [0.3, 0.4) is 0 Å². The Morgan fingerprint density at radius 3 is 2.57 bits per heavy atom. The Bertz CT molecular complexity index is 880. The number of likely N-dealkylation sites (N-methyl/N-ethyl adjacent to an activating group) is 1. The first-order valence-electron chi connectivity index (χ1n) is 11.7. The lowest BCUT2D eigenvalue weighted by molar-refractivity contribution is -0.141. The van der Waals surface area contributed by atoms with E-state index in [1.807, 2.05) is 42.3 Å². The van der Waals surface area contributed by atoms with E-state index >= 15 is 0 Å². The van der Waals surface area contributed by atoms with Crippen LogP contribution in [-0.2, 0) is 9.59 Å². The van der Waals surface area contributed by atoms with Gasteiger partial charge in [0.2, 0.25) is 11.8 Å². The van der Waals surface area contributed by atoms with Gasteiger partial charge in [0.05, 0.1) is 0 Å². The zero-order chi connectivity index (χ0) is 21.1. The molecule has 30 heavy (non-hydrogen) atoms. The molecule has 1 aromatic carbocycles. The van der Waals surface area contributed by atoms with Gasteiger partial charge in [-0.15, -0.1) is 0 Å². The smallest absolute Gasteiger partial charge is 0.246 e. The van der Waals surface area contributed by atoms with Crippen molar-refractivity contribution in [2.45, 2.75) is 58.4 Å². The van der Waals surface area contributed by atoms with Crippen molar-refractivity contribution >= 4 is 17.5 Å². The summed E-state index contributed by atoms with van der Waals surface area (Å²) in [7, 11) is 1.97. The van der Waals surface area contributed by atoms with Crippen LogP contribution in [0.2, 0.25) is 0 Å². The highest BCUT2D eigenvalue weighted by atomic mass is 16.2. The third-order valence-electron chi connectivity index (χ3n) is 9.49. The van der Waals surface area contributed by atoms with Crippen LogP contribution in [0.1, 0.15) is 52.4 Å². The zero-order valence-electron chi connectivity index (χ0n) is 18.4. The van der Waals surface area contributed by atoms with Crippen LogP contribution in [0.4, 0.5) is 5.69 Å². The van der Waals surface area contributed by atoms with Crippen LogP contribution >= 0.6 is 0 Å². The Morgan fingerprint density at radius 2 is 1.80 bits per heavy atom. The second-order valence-corrected chi connectivity index (χ2v) is 10.6. The Labute approximate surface area is 180 Å². The van der Waals surface area contributed by atoms with Gasteiger partial charge >= 0.3 is 0 Å². The maximum absolute atomic E-state index is 13.2. The Kier molecular flexibility index (Phi) is 4.61. The average molecular weight is 407 g/mol. The molecular weight excluding hydrogens is 372 g/mol. The number of amides is 2. The van der Waals surface area contributed by atoms with Crippen LogP contribution in [0.25, 0.3) is 0 Å². The van der Waals surface area contributed by atoms with Crippen LogP contribution in [0.5, 0.6) is 0 Å². The molecule has 1 aromatic rings. The molecule has 1 heterocycles. The number of anilines is 1. The van der Waals surface area contributed by atoms with Gasteiger partial charge in [-0.1, -0.05) is 38.1 Å². The van der Waals surface area contributed by atoms with Crippen LogP contribution in [-0.4, -0.2) is 29.8 Å². The SMILES string of the molecule is CN1C(=O)C=C[C@]2(C)[C@H]3CC[C@]4(C)[C@@H](C(=O)Nc5ccccc5)CC[C@H]4[C@@H]3CC[C@@H]12. The molecule has 0 bridgehead atoms. The highest BCUT2D eigenvalue weighted by molar-refractivity contribution is 5.93. The molecule has 0 unspecified atom stereocenters. The molecule has 1 N–H and O–H groups in total. The Morgan fingerprint density at radius 1 is 1.03 bits per heavy atom. The molecule has 0 spiro atoms. The molecule has 4 aliphatic rings. The van der Waals surface area contributed by atoms with E-state index in [9.17, 15) is 9.59 Å². The number of nitrogens with one attached hydrogen (secondary N) is 1. The summed E-state index contributed by atoms with van der Waals surface area (Å²) in [4.78, 5) is 27.5. The lowest BCUT2D eigenvalue weighted by Crippen LogP contribution is -2.59. The van der Waals surface area contributed by atoms with Gasteiger partial charge in [-0.3, -0.25) is 9.59 Å². The number of benzene rings is 1. The van der Waals surface area contributed by atoms with Crippen molar-refractivity contribution in [3.63, 3.8) is 0 Å². The number of carbonyl (C=O) groups is 2. The minimum atomic E-state index is 0.0668. The zero-order valence-corrected chi connectivity index (χ0v) is 18.4. The van der Waals surface area contributed by atoms with Crippen molar-refractivity contribution in [1.82, 2.24) is 4.90 Å². The van der Waals surface area contributed by atoms with Crippen LogP contribution in [0.15, 0.2) is 42.5 Å². The lowest BCUT2D eigenvalue weighted by atomic mass is 9.47.